The third kappa shape index (κ3) is 5.93. The van der Waals surface area contributed by atoms with Gasteiger partial charge in [-0.2, -0.15) is 0 Å². The quantitative estimate of drug-likeness (QED) is 0.796. The van der Waals surface area contributed by atoms with E-state index in [1.54, 1.807) is 6.07 Å². The molecule has 0 spiro atoms. The summed E-state index contributed by atoms with van der Waals surface area (Å²) >= 11 is 0. The van der Waals surface area contributed by atoms with E-state index in [1.165, 1.54) is 0 Å². The van der Waals surface area contributed by atoms with Gasteiger partial charge in [-0.1, -0.05) is 6.07 Å². The molecule has 1 atom stereocenters. The number of aromatic nitrogens is 1. The Morgan fingerprint density at radius 1 is 1.23 bits per heavy atom. The Kier molecular flexibility index (Phi) is 12.0. The molecule has 1 aromatic rings. The summed E-state index contributed by atoms with van der Waals surface area (Å²) < 4.78 is 0. The van der Waals surface area contributed by atoms with Gasteiger partial charge in [0.2, 0.25) is 0 Å². The predicted octanol–water partition coefficient (Wildman–Crippen LogP) is 1.95. The van der Waals surface area contributed by atoms with E-state index in [1.807, 2.05) is 19.1 Å². The molecule has 4 N–H and O–H groups in total. The van der Waals surface area contributed by atoms with Gasteiger partial charge in [0, 0.05) is 6.04 Å². The highest BCUT2D eigenvalue weighted by molar-refractivity contribution is 5.86. The van der Waals surface area contributed by atoms with Gasteiger partial charge in [0.25, 0.3) is 0 Å². The average molecular weight is 247 g/mol. The van der Waals surface area contributed by atoms with E-state index in [0.29, 0.717) is 5.82 Å². The molecular formula is C7H14Cl3N3. The smallest absolute Gasteiger partial charge is 0.123 e. The van der Waals surface area contributed by atoms with Crippen LogP contribution in [0.1, 0.15) is 18.7 Å². The molecule has 0 saturated heterocycles. The van der Waals surface area contributed by atoms with Gasteiger partial charge in [-0.25, -0.2) is 4.98 Å². The van der Waals surface area contributed by atoms with Crippen molar-refractivity contribution in [2.24, 2.45) is 5.73 Å². The second kappa shape index (κ2) is 8.38. The fourth-order valence-electron chi connectivity index (χ4n) is 0.722. The fraction of sp³-hybridized carbons (Fsp3) is 0.286. The van der Waals surface area contributed by atoms with Crippen molar-refractivity contribution >= 4 is 43.0 Å². The maximum atomic E-state index is 5.56. The second-order valence-corrected chi connectivity index (χ2v) is 2.28. The van der Waals surface area contributed by atoms with Gasteiger partial charge in [-0.3, -0.25) is 0 Å². The molecule has 0 aliphatic carbocycles. The van der Waals surface area contributed by atoms with Crippen molar-refractivity contribution in [3.05, 3.63) is 23.9 Å². The Hall–Kier alpha value is -0.220. The highest BCUT2D eigenvalue weighted by Gasteiger charge is 1.98. The van der Waals surface area contributed by atoms with E-state index in [4.69, 9.17) is 11.5 Å². The number of hydrogen-bond acceptors (Lipinski definition) is 3. The first-order valence-electron chi connectivity index (χ1n) is 3.18. The first kappa shape index (κ1) is 18.5. The molecule has 1 aromatic heterocycles. The van der Waals surface area contributed by atoms with Crippen molar-refractivity contribution in [2.75, 3.05) is 5.73 Å². The van der Waals surface area contributed by atoms with Crippen molar-refractivity contribution in [3.8, 4) is 0 Å². The highest BCUT2D eigenvalue weighted by atomic mass is 35.5. The van der Waals surface area contributed by atoms with Crippen LogP contribution in [0.5, 0.6) is 0 Å². The zero-order chi connectivity index (χ0) is 7.56. The molecule has 0 amide bonds. The number of rotatable bonds is 1. The molecule has 0 bridgehead atoms. The molecule has 0 aromatic carbocycles. The number of anilines is 1. The van der Waals surface area contributed by atoms with E-state index < -0.39 is 0 Å². The van der Waals surface area contributed by atoms with Crippen LogP contribution in [0.15, 0.2) is 18.2 Å². The van der Waals surface area contributed by atoms with Crippen LogP contribution in [-0.2, 0) is 0 Å². The van der Waals surface area contributed by atoms with Crippen molar-refractivity contribution in [1.82, 2.24) is 4.98 Å². The Balaban J connectivity index is -0.000000333. The highest BCUT2D eigenvalue weighted by Crippen LogP contribution is 2.06. The molecule has 0 saturated carbocycles. The minimum Gasteiger partial charge on any atom is -0.384 e. The monoisotopic (exact) mass is 245 g/mol. The SMILES string of the molecule is C[C@@H](N)c1cccc(N)n1.Cl.Cl.Cl. The lowest BCUT2D eigenvalue weighted by atomic mass is 10.2. The number of nitrogens with two attached hydrogens (primary N) is 2. The molecule has 0 radical (unpaired) electrons. The Bertz CT molecular complexity index is 230. The summed E-state index contributed by atoms with van der Waals surface area (Å²) in [5.41, 5.74) is 11.8. The van der Waals surface area contributed by atoms with Gasteiger partial charge in [-0.15, -0.1) is 37.2 Å². The van der Waals surface area contributed by atoms with Crippen molar-refractivity contribution in [3.63, 3.8) is 0 Å². The summed E-state index contributed by atoms with van der Waals surface area (Å²) in [5, 5.41) is 0. The number of hydrogen-bond donors (Lipinski definition) is 2. The minimum absolute atomic E-state index is 0. The fourth-order valence-corrected chi connectivity index (χ4v) is 0.722. The van der Waals surface area contributed by atoms with Crippen LogP contribution in [-0.4, -0.2) is 4.98 Å². The van der Waals surface area contributed by atoms with Crippen molar-refractivity contribution in [2.45, 2.75) is 13.0 Å². The summed E-state index contributed by atoms with van der Waals surface area (Å²) in [7, 11) is 0. The molecular weight excluding hydrogens is 232 g/mol. The molecule has 78 valence electrons. The van der Waals surface area contributed by atoms with Crippen LogP contribution in [0.4, 0.5) is 5.82 Å². The van der Waals surface area contributed by atoms with Crippen molar-refractivity contribution < 1.29 is 0 Å². The minimum atomic E-state index is -0.0384. The summed E-state index contributed by atoms with van der Waals surface area (Å²) in [6.07, 6.45) is 0. The van der Waals surface area contributed by atoms with Crippen LogP contribution in [0.3, 0.4) is 0 Å². The third-order valence-corrected chi connectivity index (χ3v) is 1.26. The Morgan fingerprint density at radius 2 is 1.77 bits per heavy atom. The largest absolute Gasteiger partial charge is 0.384 e. The van der Waals surface area contributed by atoms with Gasteiger partial charge >= 0.3 is 0 Å². The summed E-state index contributed by atoms with van der Waals surface area (Å²) in [6, 6.07) is 5.41. The first-order valence-corrected chi connectivity index (χ1v) is 3.18. The van der Waals surface area contributed by atoms with Crippen LogP contribution in [0.2, 0.25) is 0 Å². The molecule has 0 fully saturated rings. The summed E-state index contributed by atoms with van der Waals surface area (Å²) in [5.74, 6) is 0.523. The predicted molar refractivity (Wildman–Crippen MR) is 63.0 cm³/mol. The number of nitrogen functional groups attached to an aromatic ring is 1. The molecule has 0 aliphatic heterocycles. The third-order valence-electron chi connectivity index (χ3n) is 1.26. The normalized spacial score (nSPS) is 10.0. The zero-order valence-electron chi connectivity index (χ0n) is 7.14. The van der Waals surface area contributed by atoms with Crippen LogP contribution in [0, 0.1) is 0 Å². The summed E-state index contributed by atoms with van der Waals surface area (Å²) in [6.45, 7) is 1.88. The first-order chi connectivity index (χ1) is 4.70. The number of halogens is 3. The van der Waals surface area contributed by atoms with Crippen LogP contribution in [0.25, 0.3) is 0 Å². The van der Waals surface area contributed by atoms with Crippen molar-refractivity contribution in [1.29, 1.82) is 0 Å². The molecule has 0 aliphatic rings. The van der Waals surface area contributed by atoms with E-state index in [9.17, 15) is 0 Å². The summed E-state index contributed by atoms with van der Waals surface area (Å²) in [4.78, 5) is 4.03. The Labute approximate surface area is 96.5 Å². The lowest BCUT2D eigenvalue weighted by Gasteiger charge is -2.03. The van der Waals surface area contributed by atoms with Crippen LogP contribution >= 0.6 is 37.2 Å². The second-order valence-electron chi connectivity index (χ2n) is 2.28. The molecule has 1 rings (SSSR count). The van der Waals surface area contributed by atoms with E-state index in [-0.39, 0.29) is 43.3 Å². The van der Waals surface area contributed by atoms with Gasteiger partial charge in [-0.05, 0) is 19.1 Å². The van der Waals surface area contributed by atoms with Crippen LogP contribution < -0.4 is 11.5 Å². The molecule has 3 nitrogen and oxygen atoms in total. The zero-order valence-corrected chi connectivity index (χ0v) is 9.59. The standard InChI is InChI=1S/C7H11N3.3ClH/c1-5(8)6-3-2-4-7(9)10-6;;;/h2-5H,8H2,1H3,(H2,9,10);3*1H/t5-;;;/m1.../s1. The lowest BCUT2D eigenvalue weighted by Crippen LogP contribution is -2.07. The van der Waals surface area contributed by atoms with Gasteiger partial charge in [0.15, 0.2) is 0 Å². The topological polar surface area (TPSA) is 64.9 Å². The maximum absolute atomic E-state index is 5.56. The van der Waals surface area contributed by atoms with Gasteiger partial charge in [0.05, 0.1) is 5.69 Å². The van der Waals surface area contributed by atoms with Gasteiger partial charge in [0.1, 0.15) is 5.82 Å². The lowest BCUT2D eigenvalue weighted by molar-refractivity contribution is 0.783. The number of pyridine rings is 1. The molecule has 1 heterocycles. The van der Waals surface area contributed by atoms with E-state index in [2.05, 4.69) is 4.98 Å². The molecule has 6 heteroatoms. The van der Waals surface area contributed by atoms with Gasteiger partial charge < -0.3 is 11.5 Å². The van der Waals surface area contributed by atoms with E-state index in [0.717, 1.165) is 5.69 Å². The maximum Gasteiger partial charge on any atom is 0.123 e. The Morgan fingerprint density at radius 3 is 2.08 bits per heavy atom. The van der Waals surface area contributed by atoms with E-state index >= 15 is 0 Å². The molecule has 0 unspecified atom stereocenters. The average Bonchev–Trinajstić information content (AvgIpc) is 1.88. The molecule has 13 heavy (non-hydrogen) atoms. The number of nitrogens with zero attached hydrogens (tertiary/aromatic N) is 1.